The van der Waals surface area contributed by atoms with E-state index in [0.717, 1.165) is 37.8 Å². The van der Waals surface area contributed by atoms with Gasteiger partial charge in [-0.25, -0.2) is 4.79 Å². The number of esters is 1. The smallest absolute Gasteiger partial charge is 0.333 e. The molecule has 3 rings (SSSR count). The summed E-state index contributed by atoms with van der Waals surface area (Å²) in [4.78, 5) is 11.9. The van der Waals surface area contributed by atoms with Crippen LogP contribution < -0.4 is 5.32 Å². The van der Waals surface area contributed by atoms with Crippen molar-refractivity contribution in [1.29, 1.82) is 0 Å². The van der Waals surface area contributed by atoms with Crippen LogP contribution in [0.2, 0.25) is 0 Å². The monoisotopic (exact) mass is 271 g/mol. The molecule has 1 aliphatic carbocycles. The van der Waals surface area contributed by atoms with Crippen LogP contribution >= 0.6 is 0 Å². The number of allylic oxidation sites excluding steroid dienone is 1. The Hall–Kier alpha value is -1.77. The molecular formula is C17H21NO2. The van der Waals surface area contributed by atoms with Crippen LogP contribution in [0.3, 0.4) is 0 Å². The average molecular weight is 271 g/mol. The molecule has 0 radical (unpaired) electrons. The van der Waals surface area contributed by atoms with Crippen LogP contribution in [0, 0.1) is 5.41 Å². The summed E-state index contributed by atoms with van der Waals surface area (Å²) in [6.07, 6.45) is 6.18. The summed E-state index contributed by atoms with van der Waals surface area (Å²) < 4.78 is 5.14. The maximum atomic E-state index is 11.9. The van der Waals surface area contributed by atoms with E-state index in [0.29, 0.717) is 6.61 Å². The summed E-state index contributed by atoms with van der Waals surface area (Å²) in [6.45, 7) is 3.27. The first-order valence-electron chi connectivity index (χ1n) is 7.43. The van der Waals surface area contributed by atoms with Crippen LogP contribution in [0.5, 0.6) is 0 Å². The molecule has 1 heterocycles. The number of hydrogen-bond donors (Lipinski definition) is 1. The van der Waals surface area contributed by atoms with Crippen molar-refractivity contribution in [1.82, 2.24) is 0 Å². The lowest BCUT2D eigenvalue weighted by Crippen LogP contribution is -2.19. The molecule has 1 aliphatic heterocycles. The highest BCUT2D eigenvalue weighted by molar-refractivity contribution is 5.89. The predicted molar refractivity (Wildman–Crippen MR) is 79.6 cm³/mol. The van der Waals surface area contributed by atoms with Crippen LogP contribution in [-0.2, 0) is 16.0 Å². The van der Waals surface area contributed by atoms with Crippen LogP contribution in [0.4, 0.5) is 5.69 Å². The Kier molecular flexibility index (Phi) is 3.51. The molecule has 1 unspecified atom stereocenters. The number of anilines is 1. The van der Waals surface area contributed by atoms with Crippen molar-refractivity contribution >= 4 is 11.7 Å². The van der Waals surface area contributed by atoms with Crippen LogP contribution in [0.15, 0.2) is 35.9 Å². The molecule has 20 heavy (non-hydrogen) atoms. The second-order valence-electron chi connectivity index (χ2n) is 5.76. The lowest BCUT2D eigenvalue weighted by molar-refractivity contribution is -0.138. The molecule has 3 heteroatoms. The molecule has 1 aromatic rings. The molecule has 1 aromatic carbocycles. The fourth-order valence-electron chi connectivity index (χ4n) is 3.38. The van der Waals surface area contributed by atoms with Gasteiger partial charge in [-0.3, -0.25) is 0 Å². The third kappa shape index (κ3) is 2.45. The Morgan fingerprint density at radius 1 is 1.35 bits per heavy atom. The summed E-state index contributed by atoms with van der Waals surface area (Å²) in [5, 5.41) is 3.50. The van der Waals surface area contributed by atoms with E-state index in [2.05, 4.69) is 35.7 Å². The first-order valence-corrected chi connectivity index (χ1v) is 7.43. The molecule has 106 valence electrons. The van der Waals surface area contributed by atoms with Gasteiger partial charge in [-0.2, -0.15) is 0 Å². The second kappa shape index (κ2) is 5.31. The van der Waals surface area contributed by atoms with Crippen molar-refractivity contribution in [3.63, 3.8) is 0 Å². The van der Waals surface area contributed by atoms with Gasteiger partial charge in [0.1, 0.15) is 0 Å². The predicted octanol–water partition coefficient (Wildman–Crippen LogP) is 3.31. The third-order valence-corrected chi connectivity index (χ3v) is 4.41. The Bertz CT molecular complexity index is 550. The molecule has 0 saturated heterocycles. The highest BCUT2D eigenvalue weighted by Gasteiger charge is 2.36. The zero-order valence-electron chi connectivity index (χ0n) is 11.9. The van der Waals surface area contributed by atoms with E-state index in [1.165, 1.54) is 11.3 Å². The number of carbonyl (C=O) groups excluding carboxylic acids is 1. The number of carbonyl (C=O) groups is 1. The maximum Gasteiger partial charge on any atom is 0.333 e. The fourth-order valence-corrected chi connectivity index (χ4v) is 3.38. The molecule has 0 aromatic heterocycles. The number of nitrogens with one attached hydrogen (secondary N) is 1. The van der Waals surface area contributed by atoms with Crippen LogP contribution in [-0.4, -0.2) is 19.1 Å². The van der Waals surface area contributed by atoms with Gasteiger partial charge in [0.2, 0.25) is 0 Å². The SMILES string of the molecule is CCOC(=O)C1=CC2(CCNc3ccccc3C2)CC1. The number of para-hydroxylation sites is 1. The highest BCUT2D eigenvalue weighted by atomic mass is 16.5. The number of hydrogen-bond acceptors (Lipinski definition) is 3. The standard InChI is InChI=1S/C17H21NO2/c1-2-20-16(19)14-7-8-17(12-14)9-10-18-15-6-4-3-5-13(15)11-17/h3-6,12,18H,2,7-11H2,1H3. The average Bonchev–Trinajstić information content (AvgIpc) is 2.76. The topological polar surface area (TPSA) is 38.3 Å². The maximum absolute atomic E-state index is 11.9. The van der Waals surface area contributed by atoms with Gasteiger partial charge in [-0.05, 0) is 49.7 Å². The largest absolute Gasteiger partial charge is 0.463 e. The van der Waals surface area contributed by atoms with Crippen molar-refractivity contribution in [3.8, 4) is 0 Å². The van der Waals surface area contributed by atoms with Crippen molar-refractivity contribution in [2.75, 3.05) is 18.5 Å². The Balaban J connectivity index is 1.85. The van der Waals surface area contributed by atoms with E-state index in [1.807, 2.05) is 6.92 Å². The van der Waals surface area contributed by atoms with E-state index in [9.17, 15) is 4.79 Å². The molecule has 1 atom stereocenters. The van der Waals surface area contributed by atoms with Crippen LogP contribution in [0.25, 0.3) is 0 Å². The Labute approximate surface area is 120 Å². The highest BCUT2D eigenvalue weighted by Crippen LogP contribution is 2.44. The number of benzene rings is 1. The van der Waals surface area contributed by atoms with E-state index in [4.69, 9.17) is 4.74 Å². The third-order valence-electron chi connectivity index (χ3n) is 4.41. The van der Waals surface area contributed by atoms with Gasteiger partial charge in [-0.15, -0.1) is 0 Å². The van der Waals surface area contributed by atoms with E-state index < -0.39 is 0 Å². The number of rotatable bonds is 2. The van der Waals surface area contributed by atoms with E-state index >= 15 is 0 Å². The van der Waals surface area contributed by atoms with Crippen molar-refractivity contribution in [2.24, 2.45) is 5.41 Å². The first kappa shape index (κ1) is 13.2. The molecule has 0 bridgehead atoms. The number of fused-ring (bicyclic) bond motifs is 1. The zero-order chi connectivity index (χ0) is 14.0. The summed E-state index contributed by atoms with van der Waals surface area (Å²) in [6, 6.07) is 8.48. The molecule has 1 spiro atoms. The van der Waals surface area contributed by atoms with Gasteiger partial charge >= 0.3 is 5.97 Å². The molecule has 0 fully saturated rings. The van der Waals surface area contributed by atoms with Gasteiger partial charge in [0.25, 0.3) is 0 Å². The van der Waals surface area contributed by atoms with Crippen molar-refractivity contribution in [3.05, 3.63) is 41.5 Å². The molecule has 0 saturated carbocycles. The number of ether oxygens (including phenoxy) is 1. The van der Waals surface area contributed by atoms with Crippen molar-refractivity contribution in [2.45, 2.75) is 32.6 Å². The molecule has 2 aliphatic rings. The second-order valence-corrected chi connectivity index (χ2v) is 5.76. The summed E-state index contributed by atoms with van der Waals surface area (Å²) in [7, 11) is 0. The molecule has 0 amide bonds. The van der Waals surface area contributed by atoms with Crippen molar-refractivity contribution < 1.29 is 9.53 Å². The minimum Gasteiger partial charge on any atom is -0.463 e. The minimum atomic E-state index is -0.130. The van der Waals surface area contributed by atoms with Gasteiger partial charge in [-0.1, -0.05) is 24.3 Å². The van der Waals surface area contributed by atoms with Gasteiger partial charge in [0, 0.05) is 17.8 Å². The van der Waals surface area contributed by atoms with E-state index in [1.54, 1.807) is 0 Å². The quantitative estimate of drug-likeness (QED) is 0.839. The van der Waals surface area contributed by atoms with E-state index in [-0.39, 0.29) is 11.4 Å². The van der Waals surface area contributed by atoms with Gasteiger partial charge < -0.3 is 10.1 Å². The van der Waals surface area contributed by atoms with Gasteiger partial charge in [0.15, 0.2) is 0 Å². The molecule has 3 nitrogen and oxygen atoms in total. The lowest BCUT2D eigenvalue weighted by atomic mass is 9.79. The molecule has 1 N–H and O–H groups in total. The normalized spacial score (nSPS) is 24.6. The summed E-state index contributed by atoms with van der Waals surface area (Å²) in [5.41, 5.74) is 3.58. The Morgan fingerprint density at radius 2 is 2.20 bits per heavy atom. The van der Waals surface area contributed by atoms with Gasteiger partial charge in [0.05, 0.1) is 6.61 Å². The molecular weight excluding hydrogens is 250 g/mol. The Morgan fingerprint density at radius 3 is 3.05 bits per heavy atom. The summed E-state index contributed by atoms with van der Waals surface area (Å²) in [5.74, 6) is -0.130. The van der Waals surface area contributed by atoms with Crippen LogP contribution in [0.1, 0.15) is 31.7 Å². The minimum absolute atomic E-state index is 0.127. The first-order chi connectivity index (χ1) is 9.72. The summed E-state index contributed by atoms with van der Waals surface area (Å²) >= 11 is 0. The fraction of sp³-hybridized carbons (Fsp3) is 0.471. The zero-order valence-corrected chi connectivity index (χ0v) is 11.9. The lowest BCUT2D eigenvalue weighted by Gasteiger charge is -2.25.